The highest BCUT2D eigenvalue weighted by atomic mass is 16.5. The van der Waals surface area contributed by atoms with Crippen LogP contribution in [0.1, 0.15) is 61.4 Å². The minimum atomic E-state index is 0.469. The molecule has 0 N–H and O–H groups in total. The summed E-state index contributed by atoms with van der Waals surface area (Å²) in [7, 11) is 0. The van der Waals surface area contributed by atoms with Crippen molar-refractivity contribution in [3.8, 4) is 17.1 Å². The van der Waals surface area contributed by atoms with Crippen LogP contribution < -0.4 is 4.74 Å². The molecule has 28 heavy (non-hydrogen) atoms. The fourth-order valence-electron chi connectivity index (χ4n) is 3.17. The van der Waals surface area contributed by atoms with Gasteiger partial charge in [0.1, 0.15) is 5.75 Å². The molecule has 1 aliphatic carbocycles. The summed E-state index contributed by atoms with van der Waals surface area (Å²) >= 11 is 0. The first kappa shape index (κ1) is 18.6. The molecule has 6 nitrogen and oxygen atoms in total. The number of benzene rings is 1. The van der Waals surface area contributed by atoms with Gasteiger partial charge in [0, 0.05) is 11.5 Å². The van der Waals surface area contributed by atoms with Crippen molar-refractivity contribution < 1.29 is 9.26 Å². The number of aryl methyl sites for hydroxylation is 3. The van der Waals surface area contributed by atoms with Gasteiger partial charge in [-0.25, -0.2) is 0 Å². The molecule has 1 aromatic carbocycles. The van der Waals surface area contributed by atoms with E-state index in [1.807, 2.05) is 25.1 Å². The molecule has 0 saturated heterocycles. The zero-order valence-electron chi connectivity index (χ0n) is 16.5. The SMILES string of the molecule is CCCc1ccc(CCCOc2ccc(-c3noc(C4CC4)n3)c(C)c2)nn1. The van der Waals surface area contributed by atoms with Crippen LogP contribution in [0.4, 0.5) is 0 Å². The Labute approximate surface area is 165 Å². The molecule has 0 radical (unpaired) electrons. The summed E-state index contributed by atoms with van der Waals surface area (Å²) in [6.07, 6.45) is 6.15. The monoisotopic (exact) mass is 378 g/mol. The van der Waals surface area contributed by atoms with Gasteiger partial charge in [0.15, 0.2) is 0 Å². The molecule has 4 rings (SSSR count). The first-order valence-corrected chi connectivity index (χ1v) is 10.1. The number of rotatable bonds is 9. The minimum Gasteiger partial charge on any atom is -0.494 e. The van der Waals surface area contributed by atoms with Gasteiger partial charge >= 0.3 is 0 Å². The summed E-state index contributed by atoms with van der Waals surface area (Å²) < 4.78 is 11.3. The maximum absolute atomic E-state index is 5.90. The molecule has 1 fully saturated rings. The Morgan fingerprint density at radius 2 is 1.86 bits per heavy atom. The number of ether oxygens (including phenoxy) is 1. The van der Waals surface area contributed by atoms with Gasteiger partial charge in [-0.1, -0.05) is 18.5 Å². The molecule has 2 aromatic heterocycles. The Bertz CT molecular complexity index is 917. The molecular weight excluding hydrogens is 352 g/mol. The third kappa shape index (κ3) is 4.55. The third-order valence-electron chi connectivity index (χ3n) is 4.93. The van der Waals surface area contributed by atoms with Crippen molar-refractivity contribution in [1.82, 2.24) is 20.3 Å². The first-order valence-electron chi connectivity index (χ1n) is 10.1. The summed E-state index contributed by atoms with van der Waals surface area (Å²) in [4.78, 5) is 4.53. The average Bonchev–Trinajstić information content (AvgIpc) is 3.44. The Balaban J connectivity index is 1.28. The maximum Gasteiger partial charge on any atom is 0.230 e. The zero-order valence-corrected chi connectivity index (χ0v) is 16.5. The molecule has 146 valence electrons. The Kier molecular flexibility index (Phi) is 5.65. The van der Waals surface area contributed by atoms with E-state index in [4.69, 9.17) is 9.26 Å². The van der Waals surface area contributed by atoms with Crippen molar-refractivity contribution in [1.29, 1.82) is 0 Å². The van der Waals surface area contributed by atoms with Crippen LogP contribution in [0.15, 0.2) is 34.9 Å². The lowest BCUT2D eigenvalue weighted by Gasteiger charge is -2.08. The fourth-order valence-corrected chi connectivity index (χ4v) is 3.17. The van der Waals surface area contributed by atoms with E-state index in [1.165, 1.54) is 0 Å². The molecule has 0 aliphatic heterocycles. The predicted octanol–water partition coefficient (Wildman–Crippen LogP) is 4.68. The second kappa shape index (κ2) is 8.50. The van der Waals surface area contributed by atoms with E-state index in [2.05, 4.69) is 39.4 Å². The standard InChI is InChI=1S/C22H26N4O2/c1-3-5-17-9-10-18(25-24-17)6-4-13-27-19-11-12-20(15(2)14-19)21-23-22(28-26-21)16-7-8-16/h9-12,14,16H,3-8,13H2,1-2H3. The number of aromatic nitrogens is 4. The number of nitrogens with zero attached hydrogens (tertiary/aromatic N) is 4. The van der Waals surface area contributed by atoms with Crippen molar-refractivity contribution in [3.05, 3.63) is 53.2 Å². The number of hydrogen-bond donors (Lipinski definition) is 0. The summed E-state index contributed by atoms with van der Waals surface area (Å²) in [6.45, 7) is 4.84. The molecular formula is C22H26N4O2. The van der Waals surface area contributed by atoms with E-state index in [-0.39, 0.29) is 0 Å². The highest BCUT2D eigenvalue weighted by Crippen LogP contribution is 2.39. The Morgan fingerprint density at radius 1 is 1.07 bits per heavy atom. The highest BCUT2D eigenvalue weighted by Gasteiger charge is 2.29. The molecule has 1 saturated carbocycles. The van der Waals surface area contributed by atoms with Crippen LogP contribution in [-0.2, 0) is 12.8 Å². The van der Waals surface area contributed by atoms with Gasteiger partial charge < -0.3 is 9.26 Å². The third-order valence-corrected chi connectivity index (χ3v) is 4.93. The molecule has 3 aromatic rings. The van der Waals surface area contributed by atoms with E-state index in [0.29, 0.717) is 18.3 Å². The Hall–Kier alpha value is -2.76. The molecule has 0 unspecified atom stereocenters. The predicted molar refractivity (Wildman–Crippen MR) is 106 cm³/mol. The van der Waals surface area contributed by atoms with E-state index in [1.54, 1.807) is 0 Å². The van der Waals surface area contributed by atoms with E-state index in [0.717, 1.165) is 72.7 Å². The summed E-state index contributed by atoms with van der Waals surface area (Å²) in [5, 5.41) is 12.7. The van der Waals surface area contributed by atoms with Crippen LogP contribution in [0, 0.1) is 6.92 Å². The Morgan fingerprint density at radius 3 is 2.54 bits per heavy atom. The van der Waals surface area contributed by atoms with E-state index in [9.17, 15) is 0 Å². The lowest BCUT2D eigenvalue weighted by atomic mass is 10.1. The molecule has 0 atom stereocenters. The molecule has 0 bridgehead atoms. The van der Waals surface area contributed by atoms with Gasteiger partial charge in [-0.15, -0.1) is 0 Å². The molecule has 6 heteroatoms. The van der Waals surface area contributed by atoms with Crippen LogP contribution in [0.2, 0.25) is 0 Å². The lowest BCUT2D eigenvalue weighted by molar-refractivity contribution is 0.310. The van der Waals surface area contributed by atoms with Crippen LogP contribution in [0.5, 0.6) is 5.75 Å². The van der Waals surface area contributed by atoms with Crippen molar-refractivity contribution in [2.75, 3.05) is 6.61 Å². The molecule has 1 aliphatic rings. The van der Waals surface area contributed by atoms with Crippen molar-refractivity contribution >= 4 is 0 Å². The topological polar surface area (TPSA) is 73.9 Å². The van der Waals surface area contributed by atoms with E-state index >= 15 is 0 Å². The van der Waals surface area contributed by atoms with Gasteiger partial charge in [-0.3, -0.25) is 0 Å². The summed E-state index contributed by atoms with van der Waals surface area (Å²) in [5.74, 6) is 2.75. The quantitative estimate of drug-likeness (QED) is 0.504. The highest BCUT2D eigenvalue weighted by molar-refractivity contribution is 5.61. The first-order chi connectivity index (χ1) is 13.7. The largest absolute Gasteiger partial charge is 0.494 e. The maximum atomic E-state index is 5.90. The molecule has 0 amide bonds. The average molecular weight is 378 g/mol. The second-order valence-electron chi connectivity index (χ2n) is 7.43. The minimum absolute atomic E-state index is 0.469. The molecule has 0 spiro atoms. The van der Waals surface area contributed by atoms with Gasteiger partial charge in [-0.2, -0.15) is 15.2 Å². The second-order valence-corrected chi connectivity index (χ2v) is 7.43. The van der Waals surface area contributed by atoms with Gasteiger partial charge in [0.2, 0.25) is 11.7 Å². The zero-order chi connectivity index (χ0) is 19.3. The smallest absolute Gasteiger partial charge is 0.230 e. The molecule has 2 heterocycles. The number of hydrogen-bond acceptors (Lipinski definition) is 6. The van der Waals surface area contributed by atoms with Crippen LogP contribution in [-0.4, -0.2) is 26.9 Å². The normalized spacial score (nSPS) is 13.6. The van der Waals surface area contributed by atoms with Gasteiger partial charge in [-0.05, 0) is 74.9 Å². The van der Waals surface area contributed by atoms with Gasteiger partial charge in [0.05, 0.1) is 18.0 Å². The lowest BCUT2D eigenvalue weighted by Crippen LogP contribution is -2.02. The summed E-state index contributed by atoms with van der Waals surface area (Å²) in [6, 6.07) is 10.1. The van der Waals surface area contributed by atoms with Gasteiger partial charge in [0.25, 0.3) is 0 Å². The van der Waals surface area contributed by atoms with Crippen LogP contribution in [0.3, 0.4) is 0 Å². The van der Waals surface area contributed by atoms with Crippen LogP contribution >= 0.6 is 0 Å². The van der Waals surface area contributed by atoms with E-state index < -0.39 is 0 Å². The fraction of sp³-hybridized carbons (Fsp3) is 0.455. The van der Waals surface area contributed by atoms with Crippen molar-refractivity contribution in [2.24, 2.45) is 0 Å². The van der Waals surface area contributed by atoms with Crippen molar-refractivity contribution in [2.45, 2.75) is 58.3 Å². The van der Waals surface area contributed by atoms with Crippen LogP contribution in [0.25, 0.3) is 11.4 Å². The summed E-state index contributed by atoms with van der Waals surface area (Å²) in [5.41, 5.74) is 4.14. The van der Waals surface area contributed by atoms with Crippen molar-refractivity contribution in [3.63, 3.8) is 0 Å².